The molecule has 3 aliphatic heterocycles. The van der Waals surface area contributed by atoms with Crippen LogP contribution in [0.5, 0.6) is 23.0 Å². The third kappa shape index (κ3) is 13.5. The van der Waals surface area contributed by atoms with Crippen LogP contribution in [0.3, 0.4) is 0 Å². The molecule has 2 aromatic heterocycles. The maximum Gasteiger partial charge on any atom is 0.433 e. The number of fused-ring (bicyclic) bond motifs is 1. The molecule has 0 radical (unpaired) electrons. The molecule has 0 bridgehead atoms. The number of carboxylic acids is 1. The fraction of sp³-hybridized carbons (Fsp3) is 0.429. The van der Waals surface area contributed by atoms with Gasteiger partial charge in [-0.2, -0.15) is 18.2 Å². The first-order chi connectivity index (χ1) is 33.0. The third-order valence-electron chi connectivity index (χ3n) is 11.3. The third-order valence-corrected chi connectivity index (χ3v) is 11.3. The molecular weight excluding hydrogens is 920 g/mol. The standard InChI is InChI=1S/C27H22F3N5O6.C21H28N2O5.CH4/c28-27(29,30)22-7-8-31-26(32-22)35-11-17(19(12-35)25(36)37)9-15-1-4-18(5-2-15)38-13-23-33-24(41-34-23)16-3-6-20-21(10-16)40-14-39-20;1-6-26-19(24)18-13-23(20(25)28-21(2,3)4)12-16(18)11-15-7-9-17(10-8-15)27-14-22-5;/h1-8,10,17,19H,9,11-14H2,(H,36,37);7-10,16,18H,6,11-14H2,1-4H3;1H4/t17-,19+;16-,18+;/m11./s1. The molecular formula is C49H54F3N7O11. The number of amides is 1. The summed E-state index contributed by atoms with van der Waals surface area (Å²) >= 11 is 0. The smallest absolute Gasteiger partial charge is 0.433 e. The molecule has 1 N–H and O–H groups in total. The minimum Gasteiger partial charge on any atom is -0.485 e. The van der Waals surface area contributed by atoms with Crippen LogP contribution in [0.4, 0.5) is 23.9 Å². The van der Waals surface area contributed by atoms with E-state index in [1.54, 1.807) is 54.3 Å². The number of carbonyl (C=O) groups is 3. The van der Waals surface area contributed by atoms with Gasteiger partial charge < -0.3 is 47.9 Å². The second-order valence-corrected chi connectivity index (χ2v) is 17.4. The van der Waals surface area contributed by atoms with Crippen LogP contribution in [0.25, 0.3) is 16.3 Å². The number of rotatable bonds is 14. The predicted octanol–water partition coefficient (Wildman–Crippen LogP) is 8.40. The predicted molar refractivity (Wildman–Crippen MR) is 245 cm³/mol. The van der Waals surface area contributed by atoms with Crippen LogP contribution in [0.2, 0.25) is 0 Å². The van der Waals surface area contributed by atoms with E-state index in [2.05, 4.69) is 25.0 Å². The molecule has 3 aromatic carbocycles. The Kier molecular flexibility index (Phi) is 16.7. The average Bonchev–Trinajstić information content (AvgIpc) is 4.15. The Bertz CT molecular complexity index is 2620. The quantitative estimate of drug-likeness (QED) is 0.0820. The summed E-state index contributed by atoms with van der Waals surface area (Å²) in [5.74, 6) is 0.0452. The molecule has 21 heteroatoms. The highest BCUT2D eigenvalue weighted by Gasteiger charge is 2.42. The molecule has 3 aliphatic rings. The fourth-order valence-electron chi connectivity index (χ4n) is 8.01. The van der Waals surface area contributed by atoms with Gasteiger partial charge in [-0.05, 0) is 112 Å². The van der Waals surface area contributed by atoms with E-state index in [4.69, 9.17) is 39.5 Å². The normalized spacial score (nSPS) is 18.2. The van der Waals surface area contributed by atoms with Crippen LogP contribution >= 0.6 is 0 Å². The summed E-state index contributed by atoms with van der Waals surface area (Å²) in [5, 5.41) is 13.7. The number of aromatic nitrogens is 4. The van der Waals surface area contributed by atoms with Crippen molar-refractivity contribution < 1.29 is 65.6 Å². The Hall–Kier alpha value is -7.63. The molecule has 8 rings (SSSR count). The minimum atomic E-state index is -4.62. The Balaban J connectivity index is 0.000000244. The number of likely N-dealkylation sites (tertiary alicyclic amines) is 1. The number of hydrogen-bond acceptors (Lipinski definition) is 15. The molecule has 1 amide bonds. The zero-order valence-corrected chi connectivity index (χ0v) is 38.2. The van der Waals surface area contributed by atoms with Gasteiger partial charge in [0.2, 0.25) is 18.6 Å². The van der Waals surface area contributed by atoms with Crippen LogP contribution in [-0.4, -0.2) is 100 Å². The molecule has 0 unspecified atom stereocenters. The van der Waals surface area contributed by atoms with Crippen molar-refractivity contribution in [3.05, 3.63) is 113 Å². The molecule has 0 saturated carbocycles. The lowest BCUT2D eigenvalue weighted by atomic mass is 9.90. The topological polar surface area (TPSA) is 202 Å². The Morgan fingerprint density at radius 3 is 2.13 bits per heavy atom. The van der Waals surface area contributed by atoms with Crippen LogP contribution in [0.1, 0.15) is 57.8 Å². The van der Waals surface area contributed by atoms with E-state index in [1.165, 1.54) is 4.90 Å². The van der Waals surface area contributed by atoms with Crippen molar-refractivity contribution in [2.24, 2.45) is 23.7 Å². The maximum atomic E-state index is 13.1. The minimum absolute atomic E-state index is 0. The molecule has 2 fully saturated rings. The SMILES string of the molecule is C.O=C(O)[C@H]1CN(c2nccc(C(F)(F)F)n2)C[C@H]1Cc1ccc(OCc2noc(-c3ccc4c(c3)OCO4)n2)cc1.[C-]#[N+]COc1ccc(C[C@@H]2CN(C(=O)OC(C)(C)C)C[C@@H]2C(=O)OCC)cc1. The van der Waals surface area contributed by atoms with Gasteiger partial charge >= 0.3 is 30.9 Å². The van der Waals surface area contributed by atoms with Gasteiger partial charge in [0.25, 0.3) is 5.89 Å². The first-order valence-corrected chi connectivity index (χ1v) is 22.0. The molecule has 0 spiro atoms. The van der Waals surface area contributed by atoms with Crippen molar-refractivity contribution in [3.63, 3.8) is 0 Å². The van der Waals surface area contributed by atoms with Gasteiger partial charge in [0.05, 0.1) is 18.4 Å². The summed E-state index contributed by atoms with van der Waals surface area (Å²) in [6, 6.07) is 20.6. The largest absolute Gasteiger partial charge is 0.485 e. The Labute approximate surface area is 402 Å². The second-order valence-electron chi connectivity index (χ2n) is 17.4. The highest BCUT2D eigenvalue weighted by atomic mass is 19.4. The number of benzene rings is 3. The number of esters is 1. The molecule has 18 nitrogen and oxygen atoms in total. The molecule has 5 aromatic rings. The van der Waals surface area contributed by atoms with E-state index in [1.807, 2.05) is 45.0 Å². The van der Waals surface area contributed by atoms with Crippen molar-refractivity contribution >= 4 is 24.0 Å². The number of hydrogen-bond donors (Lipinski definition) is 1. The van der Waals surface area contributed by atoms with E-state index in [-0.39, 0.29) is 70.3 Å². The summed E-state index contributed by atoms with van der Waals surface area (Å²) in [6.07, 6.45) is -2.97. The number of carboxylic acid groups (broad SMARTS) is 1. The number of aliphatic carboxylic acids is 1. The van der Waals surface area contributed by atoms with Gasteiger partial charge in [-0.1, -0.05) is 36.8 Å². The number of halogens is 3. The van der Waals surface area contributed by atoms with E-state index in [0.717, 1.165) is 23.4 Å². The first-order valence-electron chi connectivity index (χ1n) is 22.0. The average molecular weight is 974 g/mol. The van der Waals surface area contributed by atoms with Gasteiger partial charge in [0.15, 0.2) is 18.1 Å². The van der Waals surface area contributed by atoms with Gasteiger partial charge in [0.1, 0.15) is 22.8 Å². The van der Waals surface area contributed by atoms with E-state index < -0.39 is 35.5 Å². The monoisotopic (exact) mass is 973 g/mol. The van der Waals surface area contributed by atoms with Crippen molar-refractivity contribution in [3.8, 4) is 34.5 Å². The van der Waals surface area contributed by atoms with Gasteiger partial charge in [-0.15, -0.1) is 0 Å². The zero-order chi connectivity index (χ0) is 49.3. The number of anilines is 1. The lowest BCUT2D eigenvalue weighted by Crippen LogP contribution is -2.36. The lowest BCUT2D eigenvalue weighted by molar-refractivity contribution is -0.149. The first kappa shape index (κ1) is 51.8. The molecule has 372 valence electrons. The summed E-state index contributed by atoms with van der Waals surface area (Å²) in [7, 11) is 0. The fourth-order valence-corrected chi connectivity index (χ4v) is 8.01. The maximum absolute atomic E-state index is 13.1. The second kappa shape index (κ2) is 22.7. The van der Waals surface area contributed by atoms with Crippen molar-refractivity contribution in [1.29, 1.82) is 0 Å². The summed E-state index contributed by atoms with van der Waals surface area (Å²) in [4.78, 5) is 54.9. The Morgan fingerprint density at radius 1 is 0.843 bits per heavy atom. The number of ether oxygens (including phenoxy) is 6. The number of alkyl halides is 3. The van der Waals surface area contributed by atoms with Crippen LogP contribution in [0.15, 0.2) is 83.5 Å². The van der Waals surface area contributed by atoms with Gasteiger partial charge in [0, 0.05) is 37.9 Å². The van der Waals surface area contributed by atoms with E-state index in [0.29, 0.717) is 72.8 Å². The van der Waals surface area contributed by atoms with Crippen molar-refractivity contribution in [2.75, 3.05) is 51.2 Å². The molecule has 70 heavy (non-hydrogen) atoms. The Morgan fingerprint density at radius 2 is 1.50 bits per heavy atom. The lowest BCUT2D eigenvalue weighted by Gasteiger charge is -2.24. The molecule has 4 atom stereocenters. The van der Waals surface area contributed by atoms with Crippen LogP contribution in [-0.2, 0) is 44.7 Å². The van der Waals surface area contributed by atoms with Gasteiger partial charge in [-0.25, -0.2) is 21.3 Å². The molecule has 0 aliphatic carbocycles. The van der Waals surface area contributed by atoms with E-state index in [9.17, 15) is 32.7 Å². The van der Waals surface area contributed by atoms with Crippen LogP contribution in [0, 0.1) is 30.2 Å². The summed E-state index contributed by atoms with van der Waals surface area (Å²) < 4.78 is 77.0. The molecule has 2 saturated heterocycles. The number of carbonyl (C=O) groups excluding carboxylic acids is 2. The van der Waals surface area contributed by atoms with Gasteiger partial charge in [-0.3, -0.25) is 14.4 Å². The highest BCUT2D eigenvalue weighted by molar-refractivity contribution is 5.76. The van der Waals surface area contributed by atoms with Crippen molar-refractivity contribution in [2.45, 2.75) is 66.3 Å². The number of nitrogens with zero attached hydrogens (tertiary/aromatic N) is 7. The zero-order valence-electron chi connectivity index (χ0n) is 38.2. The van der Waals surface area contributed by atoms with Crippen molar-refractivity contribution in [1.82, 2.24) is 25.0 Å². The van der Waals surface area contributed by atoms with E-state index >= 15 is 0 Å². The summed E-state index contributed by atoms with van der Waals surface area (Å²) in [5.41, 5.74) is 0.904. The van der Waals surface area contributed by atoms with Crippen LogP contribution < -0.4 is 23.8 Å². The summed E-state index contributed by atoms with van der Waals surface area (Å²) in [6.45, 7) is 15.5. The highest BCUT2D eigenvalue weighted by Crippen LogP contribution is 2.36. The molecule has 5 heterocycles.